The number of benzene rings is 2. The largest absolute Gasteiger partial charge is 0.504 e. The second kappa shape index (κ2) is 11.1. The van der Waals surface area contributed by atoms with E-state index in [1.165, 1.54) is 30.5 Å². The van der Waals surface area contributed by atoms with Gasteiger partial charge in [-0.2, -0.15) is 0 Å². The van der Waals surface area contributed by atoms with Gasteiger partial charge in [-0.1, -0.05) is 38.1 Å². The Morgan fingerprint density at radius 2 is 1.87 bits per heavy atom. The average Bonchev–Trinajstić information content (AvgIpc) is 2.76. The normalized spacial score (nSPS) is 15.0. The van der Waals surface area contributed by atoms with E-state index in [1.807, 2.05) is 6.92 Å². The topological polar surface area (TPSA) is 61.8 Å². The third kappa shape index (κ3) is 6.39. The summed E-state index contributed by atoms with van der Waals surface area (Å²) in [6.45, 7) is 8.87. The molecule has 2 aromatic rings. The van der Waals surface area contributed by atoms with Crippen molar-refractivity contribution in [3.63, 3.8) is 0 Å². The number of nitrogens with one attached hydrogen (secondary N) is 1. The molecule has 168 valence electrons. The summed E-state index contributed by atoms with van der Waals surface area (Å²) < 4.78 is 5.46. The van der Waals surface area contributed by atoms with Crippen molar-refractivity contribution in [1.29, 1.82) is 0 Å². The van der Waals surface area contributed by atoms with E-state index in [2.05, 4.69) is 48.3 Å². The number of hydrogen-bond acceptors (Lipinski definition) is 4. The summed E-state index contributed by atoms with van der Waals surface area (Å²) in [6.07, 6.45) is 4.87. The van der Waals surface area contributed by atoms with Gasteiger partial charge in [-0.15, -0.1) is 0 Å². The molecule has 1 fully saturated rings. The monoisotopic (exact) mass is 424 g/mol. The standard InChI is InChI=1S/C26H36N2O3/c1-4-31-25-17-20(12-13-24(25)29)18-26(30)27-22(16-19(2)3)21-10-6-7-11-23(21)28-14-8-5-9-15-28/h6-7,10-13,17,19,22,29H,4-5,8-9,14-16,18H2,1-3H3,(H,27,30). The van der Waals surface area contributed by atoms with Crippen molar-refractivity contribution in [2.75, 3.05) is 24.6 Å². The maximum atomic E-state index is 13.0. The highest BCUT2D eigenvalue weighted by molar-refractivity contribution is 5.79. The fourth-order valence-corrected chi connectivity index (χ4v) is 4.31. The molecule has 0 radical (unpaired) electrons. The van der Waals surface area contributed by atoms with Gasteiger partial charge in [-0.05, 0) is 67.9 Å². The zero-order chi connectivity index (χ0) is 22.2. The Bertz CT molecular complexity index is 859. The van der Waals surface area contributed by atoms with Crippen LogP contribution < -0.4 is 15.0 Å². The summed E-state index contributed by atoms with van der Waals surface area (Å²) in [5.41, 5.74) is 3.27. The molecule has 1 heterocycles. The van der Waals surface area contributed by atoms with E-state index in [1.54, 1.807) is 18.2 Å². The highest BCUT2D eigenvalue weighted by atomic mass is 16.5. The highest BCUT2D eigenvalue weighted by Gasteiger charge is 2.22. The molecule has 31 heavy (non-hydrogen) atoms. The minimum Gasteiger partial charge on any atom is -0.504 e. The van der Waals surface area contributed by atoms with Crippen molar-refractivity contribution in [1.82, 2.24) is 5.32 Å². The number of hydrogen-bond donors (Lipinski definition) is 2. The van der Waals surface area contributed by atoms with E-state index in [-0.39, 0.29) is 24.1 Å². The molecule has 0 bridgehead atoms. The fourth-order valence-electron chi connectivity index (χ4n) is 4.31. The molecule has 0 aromatic heterocycles. The average molecular weight is 425 g/mol. The molecule has 1 aliphatic heterocycles. The molecule has 5 nitrogen and oxygen atoms in total. The molecule has 1 saturated heterocycles. The zero-order valence-corrected chi connectivity index (χ0v) is 19.1. The summed E-state index contributed by atoms with van der Waals surface area (Å²) in [7, 11) is 0. The smallest absolute Gasteiger partial charge is 0.224 e. The van der Waals surface area contributed by atoms with Gasteiger partial charge in [-0.3, -0.25) is 4.79 Å². The lowest BCUT2D eigenvalue weighted by atomic mass is 9.94. The van der Waals surface area contributed by atoms with Gasteiger partial charge in [0.2, 0.25) is 5.91 Å². The summed E-state index contributed by atoms with van der Waals surface area (Å²) >= 11 is 0. The van der Waals surface area contributed by atoms with Crippen LogP contribution in [0.2, 0.25) is 0 Å². The van der Waals surface area contributed by atoms with Crippen LogP contribution in [0.15, 0.2) is 42.5 Å². The molecular weight excluding hydrogens is 388 g/mol. The van der Waals surface area contributed by atoms with E-state index in [0.717, 1.165) is 25.1 Å². The Morgan fingerprint density at radius 1 is 1.13 bits per heavy atom. The van der Waals surface area contributed by atoms with E-state index in [4.69, 9.17) is 4.74 Å². The van der Waals surface area contributed by atoms with Crippen molar-refractivity contribution >= 4 is 11.6 Å². The van der Waals surface area contributed by atoms with E-state index >= 15 is 0 Å². The first-order valence-corrected chi connectivity index (χ1v) is 11.6. The second-order valence-corrected chi connectivity index (χ2v) is 8.77. The predicted molar refractivity (Wildman–Crippen MR) is 126 cm³/mol. The zero-order valence-electron chi connectivity index (χ0n) is 19.1. The van der Waals surface area contributed by atoms with Gasteiger partial charge in [0, 0.05) is 18.8 Å². The molecule has 1 aliphatic rings. The number of carbonyl (C=O) groups is 1. The third-order valence-electron chi connectivity index (χ3n) is 5.74. The molecule has 5 heteroatoms. The van der Waals surface area contributed by atoms with Gasteiger partial charge in [0.15, 0.2) is 11.5 Å². The summed E-state index contributed by atoms with van der Waals surface area (Å²) in [4.78, 5) is 15.5. The second-order valence-electron chi connectivity index (χ2n) is 8.77. The summed E-state index contributed by atoms with van der Waals surface area (Å²) in [5, 5.41) is 13.2. The lowest BCUT2D eigenvalue weighted by molar-refractivity contribution is -0.121. The number of phenolic OH excluding ortho intramolecular Hbond substituents is 1. The van der Waals surface area contributed by atoms with E-state index in [0.29, 0.717) is 18.3 Å². The van der Waals surface area contributed by atoms with Crippen molar-refractivity contribution in [3.05, 3.63) is 53.6 Å². The lowest BCUT2D eigenvalue weighted by Crippen LogP contribution is -2.34. The number of phenols is 1. The van der Waals surface area contributed by atoms with Crippen LogP contribution in [0.1, 0.15) is 63.6 Å². The maximum absolute atomic E-state index is 13.0. The Labute approximate surface area is 186 Å². The van der Waals surface area contributed by atoms with Crippen molar-refractivity contribution in [2.45, 2.75) is 58.9 Å². The number of amides is 1. The molecule has 3 rings (SSSR count). The number of piperidine rings is 1. The van der Waals surface area contributed by atoms with Crippen molar-refractivity contribution < 1.29 is 14.6 Å². The molecule has 0 saturated carbocycles. The van der Waals surface area contributed by atoms with Gasteiger partial charge < -0.3 is 20.1 Å². The Kier molecular flexibility index (Phi) is 8.21. The molecule has 2 N–H and O–H groups in total. The van der Waals surface area contributed by atoms with E-state index in [9.17, 15) is 9.90 Å². The number of nitrogens with zero attached hydrogens (tertiary/aromatic N) is 1. The van der Waals surface area contributed by atoms with Crippen LogP contribution in [0.5, 0.6) is 11.5 Å². The molecule has 1 unspecified atom stereocenters. The predicted octanol–water partition coefficient (Wildman–Crippen LogP) is 5.23. The van der Waals surface area contributed by atoms with Crippen LogP contribution in [0.25, 0.3) is 0 Å². The molecule has 0 aliphatic carbocycles. The van der Waals surface area contributed by atoms with Crippen LogP contribution in [-0.4, -0.2) is 30.7 Å². The minimum atomic E-state index is -0.0332. The van der Waals surface area contributed by atoms with Gasteiger partial charge >= 0.3 is 0 Å². The van der Waals surface area contributed by atoms with Gasteiger partial charge in [0.25, 0.3) is 0 Å². The van der Waals surface area contributed by atoms with Gasteiger partial charge in [0.1, 0.15) is 0 Å². The van der Waals surface area contributed by atoms with Crippen LogP contribution in [0.3, 0.4) is 0 Å². The Hall–Kier alpha value is -2.69. The van der Waals surface area contributed by atoms with Gasteiger partial charge in [0.05, 0.1) is 19.1 Å². The van der Waals surface area contributed by atoms with E-state index < -0.39 is 0 Å². The summed E-state index contributed by atoms with van der Waals surface area (Å²) in [5.74, 6) is 0.950. The first-order chi connectivity index (χ1) is 15.0. The molecule has 2 aromatic carbocycles. The number of aromatic hydroxyl groups is 1. The van der Waals surface area contributed by atoms with Crippen molar-refractivity contribution in [3.8, 4) is 11.5 Å². The lowest BCUT2D eigenvalue weighted by Gasteiger charge is -2.33. The summed E-state index contributed by atoms with van der Waals surface area (Å²) in [6, 6.07) is 13.6. The van der Waals surface area contributed by atoms with Crippen LogP contribution in [0, 0.1) is 5.92 Å². The number of ether oxygens (including phenoxy) is 1. The maximum Gasteiger partial charge on any atom is 0.224 e. The number of para-hydroxylation sites is 1. The van der Waals surface area contributed by atoms with Gasteiger partial charge in [-0.25, -0.2) is 0 Å². The first-order valence-electron chi connectivity index (χ1n) is 11.6. The number of rotatable bonds is 9. The molecule has 1 amide bonds. The minimum absolute atomic E-state index is 0.0211. The van der Waals surface area contributed by atoms with Crippen LogP contribution in [-0.2, 0) is 11.2 Å². The molecule has 0 spiro atoms. The van der Waals surface area contributed by atoms with Crippen molar-refractivity contribution in [2.24, 2.45) is 5.92 Å². The number of anilines is 1. The third-order valence-corrected chi connectivity index (χ3v) is 5.74. The Balaban J connectivity index is 1.78. The van der Waals surface area contributed by atoms with Crippen LogP contribution >= 0.6 is 0 Å². The number of carbonyl (C=O) groups excluding carboxylic acids is 1. The van der Waals surface area contributed by atoms with Crippen LogP contribution in [0.4, 0.5) is 5.69 Å². The fraction of sp³-hybridized carbons (Fsp3) is 0.500. The molecule has 1 atom stereocenters. The highest BCUT2D eigenvalue weighted by Crippen LogP contribution is 2.32. The quantitative estimate of drug-likeness (QED) is 0.579. The first kappa shape index (κ1) is 23.0. The SMILES string of the molecule is CCOc1cc(CC(=O)NC(CC(C)C)c2ccccc2N2CCCCC2)ccc1O. The Morgan fingerprint density at radius 3 is 2.58 bits per heavy atom. The molecular formula is C26H36N2O3.